The van der Waals surface area contributed by atoms with Crippen LogP contribution in [0.5, 0.6) is 0 Å². The van der Waals surface area contributed by atoms with Gasteiger partial charge in [-0.1, -0.05) is 30.7 Å². The van der Waals surface area contributed by atoms with Gasteiger partial charge in [-0.2, -0.15) is 0 Å². The van der Waals surface area contributed by atoms with Crippen LogP contribution in [0.1, 0.15) is 36.5 Å². The molecule has 0 saturated carbocycles. The second-order valence-electron chi connectivity index (χ2n) is 6.32. The molecule has 0 aliphatic rings. The number of amides is 1. The van der Waals surface area contributed by atoms with Gasteiger partial charge in [0.1, 0.15) is 5.82 Å². The van der Waals surface area contributed by atoms with Crippen LogP contribution in [0.15, 0.2) is 18.2 Å². The average Bonchev–Trinajstić information content (AvgIpc) is 2.94. The van der Waals surface area contributed by atoms with Crippen LogP contribution in [0.3, 0.4) is 0 Å². The molecule has 0 fully saturated rings. The van der Waals surface area contributed by atoms with Crippen molar-refractivity contribution in [1.29, 1.82) is 0 Å². The van der Waals surface area contributed by atoms with E-state index in [-0.39, 0.29) is 29.6 Å². The van der Waals surface area contributed by atoms with Gasteiger partial charge in [0.15, 0.2) is 5.69 Å². The van der Waals surface area contributed by atoms with Crippen LogP contribution < -0.4 is 0 Å². The molecule has 26 heavy (non-hydrogen) atoms. The van der Waals surface area contributed by atoms with Crippen molar-refractivity contribution < 1.29 is 19.1 Å². The van der Waals surface area contributed by atoms with E-state index in [0.717, 1.165) is 0 Å². The fourth-order valence-electron chi connectivity index (χ4n) is 2.49. The lowest BCUT2D eigenvalue weighted by atomic mass is 10.2. The minimum absolute atomic E-state index is 0.0619. The van der Waals surface area contributed by atoms with E-state index in [1.165, 1.54) is 27.8 Å². The Kier molecular flexibility index (Phi) is 6.31. The van der Waals surface area contributed by atoms with Gasteiger partial charge >= 0.3 is 5.97 Å². The molecule has 0 atom stereocenters. The van der Waals surface area contributed by atoms with Crippen molar-refractivity contribution in [3.63, 3.8) is 0 Å². The highest BCUT2D eigenvalue weighted by Gasteiger charge is 2.24. The molecule has 2 aromatic rings. The molecule has 9 heteroatoms. The van der Waals surface area contributed by atoms with Crippen LogP contribution in [0.2, 0.25) is 5.02 Å². The zero-order valence-electron chi connectivity index (χ0n) is 14.7. The van der Waals surface area contributed by atoms with Crippen molar-refractivity contribution in [2.45, 2.75) is 27.2 Å². The van der Waals surface area contributed by atoms with Crippen molar-refractivity contribution >= 4 is 23.5 Å². The van der Waals surface area contributed by atoms with E-state index in [9.17, 15) is 14.0 Å². The van der Waals surface area contributed by atoms with Crippen LogP contribution in [-0.2, 0) is 4.79 Å². The lowest BCUT2D eigenvalue weighted by Crippen LogP contribution is -2.36. The average molecular weight is 383 g/mol. The third kappa shape index (κ3) is 4.57. The van der Waals surface area contributed by atoms with E-state index in [1.807, 2.05) is 13.8 Å². The van der Waals surface area contributed by atoms with Gasteiger partial charge in [0.25, 0.3) is 5.91 Å². The second-order valence-corrected chi connectivity index (χ2v) is 6.73. The fourth-order valence-corrected chi connectivity index (χ4v) is 2.66. The second kappa shape index (κ2) is 8.27. The standard InChI is InChI=1S/C17H20ClFN4O3/c1-10(2)9-22(7-6-15(24)25)17(26)16-11(3)23(21-20-16)12-4-5-14(19)13(18)8-12/h4-5,8,10H,6-7,9H2,1-3H3,(H,24,25). The third-order valence-electron chi connectivity index (χ3n) is 3.71. The quantitative estimate of drug-likeness (QED) is 0.795. The Hall–Kier alpha value is -2.48. The van der Waals surface area contributed by atoms with Gasteiger partial charge in [-0.05, 0) is 31.0 Å². The highest BCUT2D eigenvalue weighted by molar-refractivity contribution is 6.30. The number of halogens is 2. The van der Waals surface area contributed by atoms with E-state index < -0.39 is 17.7 Å². The molecule has 1 aromatic heterocycles. The number of nitrogens with zero attached hydrogens (tertiary/aromatic N) is 4. The minimum atomic E-state index is -0.979. The summed E-state index contributed by atoms with van der Waals surface area (Å²) in [4.78, 5) is 25.1. The zero-order chi connectivity index (χ0) is 19.4. The lowest BCUT2D eigenvalue weighted by molar-refractivity contribution is -0.137. The predicted molar refractivity (Wildman–Crippen MR) is 94.1 cm³/mol. The predicted octanol–water partition coefficient (Wildman–Crippen LogP) is 2.94. The molecule has 1 amide bonds. The number of aromatic nitrogens is 3. The molecule has 1 aromatic carbocycles. The molecule has 1 heterocycles. The highest BCUT2D eigenvalue weighted by atomic mass is 35.5. The van der Waals surface area contributed by atoms with E-state index in [1.54, 1.807) is 6.92 Å². The van der Waals surface area contributed by atoms with Gasteiger partial charge < -0.3 is 10.0 Å². The molecule has 0 bridgehead atoms. The first-order chi connectivity index (χ1) is 12.2. The molecule has 140 valence electrons. The number of hydrogen-bond donors (Lipinski definition) is 1. The Morgan fingerprint density at radius 2 is 2.08 bits per heavy atom. The number of carbonyl (C=O) groups is 2. The van der Waals surface area contributed by atoms with Crippen molar-refractivity contribution in [2.24, 2.45) is 5.92 Å². The van der Waals surface area contributed by atoms with E-state index in [0.29, 0.717) is 17.9 Å². The first-order valence-electron chi connectivity index (χ1n) is 8.09. The molecule has 0 spiro atoms. The summed E-state index contributed by atoms with van der Waals surface area (Å²) in [6.07, 6.45) is -0.154. The maximum absolute atomic E-state index is 13.3. The summed E-state index contributed by atoms with van der Waals surface area (Å²) >= 11 is 5.80. The first-order valence-corrected chi connectivity index (χ1v) is 8.47. The minimum Gasteiger partial charge on any atom is -0.481 e. The molecule has 0 aliphatic heterocycles. The van der Waals surface area contributed by atoms with Crippen LogP contribution in [0, 0.1) is 18.7 Å². The molecule has 0 radical (unpaired) electrons. The number of benzene rings is 1. The number of carbonyl (C=O) groups excluding carboxylic acids is 1. The van der Waals surface area contributed by atoms with Gasteiger partial charge in [-0.3, -0.25) is 9.59 Å². The van der Waals surface area contributed by atoms with Crippen molar-refractivity contribution in [2.75, 3.05) is 13.1 Å². The summed E-state index contributed by atoms with van der Waals surface area (Å²) < 4.78 is 14.7. The molecular weight excluding hydrogens is 363 g/mol. The Morgan fingerprint density at radius 1 is 1.38 bits per heavy atom. The smallest absolute Gasteiger partial charge is 0.305 e. The summed E-state index contributed by atoms with van der Waals surface area (Å²) in [6.45, 7) is 6.02. The zero-order valence-corrected chi connectivity index (χ0v) is 15.5. The van der Waals surface area contributed by atoms with E-state index in [4.69, 9.17) is 16.7 Å². The molecular formula is C17H20ClFN4O3. The number of carboxylic acids is 1. The summed E-state index contributed by atoms with van der Waals surface area (Å²) in [7, 11) is 0. The van der Waals surface area contributed by atoms with Crippen molar-refractivity contribution in [3.8, 4) is 5.69 Å². The summed E-state index contributed by atoms with van der Waals surface area (Å²) in [6, 6.07) is 4.08. The molecule has 1 N–H and O–H groups in total. The van der Waals surface area contributed by atoms with Gasteiger partial charge in [0.2, 0.25) is 0 Å². The number of rotatable bonds is 7. The Balaban J connectivity index is 2.31. The molecule has 7 nitrogen and oxygen atoms in total. The molecule has 0 unspecified atom stereocenters. The lowest BCUT2D eigenvalue weighted by Gasteiger charge is -2.23. The largest absolute Gasteiger partial charge is 0.481 e. The van der Waals surface area contributed by atoms with E-state index >= 15 is 0 Å². The SMILES string of the molecule is Cc1c(C(=O)N(CCC(=O)O)CC(C)C)nnn1-c1ccc(F)c(Cl)c1. The third-order valence-corrected chi connectivity index (χ3v) is 4.00. The van der Waals surface area contributed by atoms with Gasteiger partial charge in [0, 0.05) is 13.1 Å². The number of carboxylic acid groups (broad SMARTS) is 1. The summed E-state index contributed by atoms with van der Waals surface area (Å²) in [5, 5.41) is 16.7. The molecule has 0 aliphatic carbocycles. The maximum Gasteiger partial charge on any atom is 0.305 e. The summed E-state index contributed by atoms with van der Waals surface area (Å²) in [5.41, 5.74) is 1.06. The molecule has 2 rings (SSSR count). The molecule has 0 saturated heterocycles. The Morgan fingerprint density at radius 3 is 2.65 bits per heavy atom. The maximum atomic E-state index is 13.3. The van der Waals surface area contributed by atoms with Gasteiger partial charge in [-0.25, -0.2) is 9.07 Å². The van der Waals surface area contributed by atoms with Crippen LogP contribution in [-0.4, -0.2) is 50.0 Å². The number of aliphatic carboxylic acids is 1. The summed E-state index contributed by atoms with van der Waals surface area (Å²) in [5.74, 6) is -1.76. The van der Waals surface area contributed by atoms with E-state index in [2.05, 4.69) is 10.3 Å². The monoisotopic (exact) mass is 382 g/mol. The van der Waals surface area contributed by atoms with Crippen molar-refractivity contribution in [3.05, 3.63) is 40.4 Å². The number of hydrogen-bond acceptors (Lipinski definition) is 4. The van der Waals surface area contributed by atoms with Gasteiger partial charge in [-0.15, -0.1) is 5.10 Å². The normalized spacial score (nSPS) is 11.0. The van der Waals surface area contributed by atoms with Crippen LogP contribution >= 0.6 is 11.6 Å². The first kappa shape index (κ1) is 19.8. The fraction of sp³-hybridized carbons (Fsp3) is 0.412. The van der Waals surface area contributed by atoms with Crippen LogP contribution in [0.4, 0.5) is 4.39 Å². The van der Waals surface area contributed by atoms with Crippen molar-refractivity contribution in [1.82, 2.24) is 19.9 Å². The topological polar surface area (TPSA) is 88.3 Å². The van der Waals surface area contributed by atoms with Gasteiger partial charge in [0.05, 0.1) is 22.8 Å². The Bertz CT molecular complexity index is 822. The highest BCUT2D eigenvalue weighted by Crippen LogP contribution is 2.20. The Labute approximate surface area is 155 Å². The van der Waals surface area contributed by atoms with Crippen LogP contribution in [0.25, 0.3) is 5.69 Å².